The molecular formula is C22H31N9O3. The standard InChI is InChI=1S/C22H31N9O3/c1-14-12-28(13-22(2,3)33)9-10-29(14)18(32)15-6-4-8-30(15)20-25-19(23)31-21(26-20)24-17(27-31)16-7-5-11-34-16/h5,7,11,14-15,33H,4,6,8-10,12-13H2,1-3H3,(H2,23,24,25,26,27)/t14-,15+/m1/s1. The Bertz CT molecular complexity index is 1170. The fourth-order valence-corrected chi connectivity index (χ4v) is 4.94. The molecule has 5 rings (SSSR count). The second-order valence-electron chi connectivity index (χ2n) is 9.79. The van der Waals surface area contributed by atoms with Crippen molar-refractivity contribution in [1.82, 2.24) is 34.4 Å². The van der Waals surface area contributed by atoms with E-state index in [-0.39, 0.29) is 23.9 Å². The van der Waals surface area contributed by atoms with Crippen LogP contribution in [0.5, 0.6) is 0 Å². The van der Waals surface area contributed by atoms with Gasteiger partial charge in [0.05, 0.1) is 11.9 Å². The second-order valence-corrected chi connectivity index (χ2v) is 9.79. The van der Waals surface area contributed by atoms with E-state index in [2.05, 4.69) is 31.9 Å². The zero-order valence-corrected chi connectivity index (χ0v) is 19.8. The smallest absolute Gasteiger partial charge is 0.259 e. The zero-order valence-electron chi connectivity index (χ0n) is 19.8. The number of aliphatic hydroxyl groups is 1. The molecule has 34 heavy (non-hydrogen) atoms. The van der Waals surface area contributed by atoms with E-state index in [1.54, 1.807) is 32.2 Å². The van der Waals surface area contributed by atoms with Gasteiger partial charge in [0.25, 0.3) is 5.78 Å². The van der Waals surface area contributed by atoms with Gasteiger partial charge < -0.3 is 25.1 Å². The van der Waals surface area contributed by atoms with Crippen molar-refractivity contribution >= 4 is 23.6 Å². The Morgan fingerprint density at radius 1 is 1.26 bits per heavy atom. The topological polar surface area (TPSA) is 142 Å². The van der Waals surface area contributed by atoms with Gasteiger partial charge in [-0.2, -0.15) is 19.5 Å². The molecule has 182 valence electrons. The van der Waals surface area contributed by atoms with Crippen LogP contribution in [0.25, 0.3) is 17.4 Å². The molecule has 2 saturated heterocycles. The average Bonchev–Trinajstić information content (AvgIpc) is 3.51. The maximum atomic E-state index is 13.6. The number of amides is 1. The predicted molar refractivity (Wildman–Crippen MR) is 125 cm³/mol. The number of fused-ring (bicyclic) bond motifs is 1. The van der Waals surface area contributed by atoms with E-state index in [4.69, 9.17) is 10.2 Å². The molecule has 0 aromatic carbocycles. The number of hydrogen-bond donors (Lipinski definition) is 2. The van der Waals surface area contributed by atoms with Crippen LogP contribution in [0.1, 0.15) is 33.6 Å². The van der Waals surface area contributed by atoms with Crippen LogP contribution in [0.4, 0.5) is 11.9 Å². The van der Waals surface area contributed by atoms with Gasteiger partial charge in [-0.25, -0.2) is 0 Å². The second kappa shape index (κ2) is 8.51. The van der Waals surface area contributed by atoms with E-state index in [1.807, 2.05) is 9.80 Å². The van der Waals surface area contributed by atoms with Gasteiger partial charge in [0.15, 0.2) is 5.76 Å². The largest absolute Gasteiger partial charge is 0.461 e. The van der Waals surface area contributed by atoms with Gasteiger partial charge in [0.1, 0.15) is 6.04 Å². The molecule has 2 fully saturated rings. The first-order valence-corrected chi connectivity index (χ1v) is 11.7. The number of furan rings is 1. The van der Waals surface area contributed by atoms with Gasteiger partial charge in [0.2, 0.25) is 23.6 Å². The molecule has 0 unspecified atom stereocenters. The number of carbonyl (C=O) groups is 1. The van der Waals surface area contributed by atoms with Crippen molar-refractivity contribution in [2.24, 2.45) is 0 Å². The minimum absolute atomic E-state index is 0.0480. The zero-order chi connectivity index (χ0) is 24.0. The predicted octanol–water partition coefficient (Wildman–Crippen LogP) is 0.634. The summed E-state index contributed by atoms with van der Waals surface area (Å²) >= 11 is 0. The number of aromatic nitrogens is 5. The summed E-state index contributed by atoms with van der Waals surface area (Å²) < 4.78 is 6.75. The third kappa shape index (κ3) is 4.30. The van der Waals surface area contributed by atoms with Crippen LogP contribution in [0, 0.1) is 0 Å². The first kappa shape index (κ1) is 22.5. The molecule has 3 aromatic rings. The highest BCUT2D eigenvalue weighted by Gasteiger charge is 2.39. The first-order chi connectivity index (χ1) is 16.2. The Morgan fingerprint density at radius 2 is 2.09 bits per heavy atom. The maximum Gasteiger partial charge on any atom is 0.259 e. The molecule has 5 heterocycles. The molecular weight excluding hydrogens is 438 g/mol. The normalized spacial score (nSPS) is 22.1. The number of nitrogens with zero attached hydrogens (tertiary/aromatic N) is 8. The molecule has 12 heteroatoms. The summed E-state index contributed by atoms with van der Waals surface area (Å²) in [5, 5.41) is 14.5. The fourth-order valence-electron chi connectivity index (χ4n) is 4.94. The first-order valence-electron chi connectivity index (χ1n) is 11.7. The van der Waals surface area contributed by atoms with Crippen LogP contribution in [0.2, 0.25) is 0 Å². The van der Waals surface area contributed by atoms with Gasteiger partial charge >= 0.3 is 0 Å². The van der Waals surface area contributed by atoms with Gasteiger partial charge in [-0.15, -0.1) is 5.10 Å². The number of hydrogen-bond acceptors (Lipinski definition) is 10. The highest BCUT2D eigenvalue weighted by Crippen LogP contribution is 2.27. The number of nitrogen functional groups attached to an aromatic ring is 1. The highest BCUT2D eigenvalue weighted by molar-refractivity contribution is 5.86. The minimum Gasteiger partial charge on any atom is -0.461 e. The lowest BCUT2D eigenvalue weighted by Crippen LogP contribution is -2.59. The van der Waals surface area contributed by atoms with E-state index < -0.39 is 5.60 Å². The van der Waals surface area contributed by atoms with Crippen molar-refractivity contribution in [3.63, 3.8) is 0 Å². The van der Waals surface area contributed by atoms with Crippen molar-refractivity contribution in [2.75, 3.05) is 43.4 Å². The van der Waals surface area contributed by atoms with Crippen molar-refractivity contribution in [3.05, 3.63) is 18.4 Å². The minimum atomic E-state index is -0.761. The fraction of sp³-hybridized carbons (Fsp3) is 0.591. The Kier molecular flexibility index (Phi) is 5.64. The van der Waals surface area contributed by atoms with Crippen molar-refractivity contribution < 1.29 is 14.3 Å². The number of rotatable bonds is 5. The summed E-state index contributed by atoms with van der Waals surface area (Å²) in [7, 11) is 0. The quantitative estimate of drug-likeness (QED) is 0.546. The molecule has 3 aromatic heterocycles. The Hall–Kier alpha value is -3.25. The van der Waals surface area contributed by atoms with Gasteiger partial charge in [-0.1, -0.05) is 0 Å². The van der Waals surface area contributed by atoms with Crippen LogP contribution in [0.15, 0.2) is 22.8 Å². The lowest BCUT2D eigenvalue weighted by atomic mass is 10.1. The van der Waals surface area contributed by atoms with E-state index in [0.29, 0.717) is 42.9 Å². The van der Waals surface area contributed by atoms with Gasteiger partial charge in [0, 0.05) is 38.8 Å². The van der Waals surface area contributed by atoms with Crippen molar-refractivity contribution in [2.45, 2.75) is 51.3 Å². The lowest BCUT2D eigenvalue weighted by Gasteiger charge is -2.43. The third-order valence-corrected chi connectivity index (χ3v) is 6.36. The van der Waals surface area contributed by atoms with Crippen LogP contribution in [-0.4, -0.2) is 95.8 Å². The lowest BCUT2D eigenvalue weighted by molar-refractivity contribution is -0.137. The number of carbonyl (C=O) groups excluding carboxylic acids is 1. The number of piperazine rings is 1. The molecule has 2 aliphatic heterocycles. The highest BCUT2D eigenvalue weighted by atomic mass is 16.3. The van der Waals surface area contributed by atoms with Crippen LogP contribution >= 0.6 is 0 Å². The molecule has 12 nitrogen and oxygen atoms in total. The molecule has 0 spiro atoms. The number of anilines is 2. The summed E-state index contributed by atoms with van der Waals surface area (Å²) in [6.45, 7) is 9.01. The van der Waals surface area contributed by atoms with Crippen LogP contribution in [-0.2, 0) is 4.79 Å². The number of β-amino-alcohol motifs (C(OH)–C–C–N with tert-alkyl or cyclic N) is 1. The molecule has 2 aliphatic rings. The van der Waals surface area contributed by atoms with E-state index in [9.17, 15) is 9.90 Å². The molecule has 0 radical (unpaired) electrons. The van der Waals surface area contributed by atoms with Gasteiger partial charge in [-0.05, 0) is 45.7 Å². The molecule has 2 atom stereocenters. The van der Waals surface area contributed by atoms with Crippen molar-refractivity contribution in [3.8, 4) is 11.6 Å². The van der Waals surface area contributed by atoms with E-state index in [0.717, 1.165) is 25.9 Å². The van der Waals surface area contributed by atoms with E-state index >= 15 is 0 Å². The van der Waals surface area contributed by atoms with Gasteiger partial charge in [-0.3, -0.25) is 9.69 Å². The maximum absolute atomic E-state index is 13.6. The molecule has 0 saturated carbocycles. The van der Waals surface area contributed by atoms with Crippen molar-refractivity contribution in [1.29, 1.82) is 0 Å². The molecule has 3 N–H and O–H groups in total. The summed E-state index contributed by atoms with van der Waals surface area (Å²) in [5.41, 5.74) is 5.41. The Morgan fingerprint density at radius 3 is 2.79 bits per heavy atom. The Labute approximate surface area is 197 Å². The number of nitrogens with two attached hydrogens (primary N) is 1. The molecule has 0 bridgehead atoms. The third-order valence-electron chi connectivity index (χ3n) is 6.36. The van der Waals surface area contributed by atoms with Crippen LogP contribution in [0.3, 0.4) is 0 Å². The summed E-state index contributed by atoms with van der Waals surface area (Å²) in [6.07, 6.45) is 3.14. The monoisotopic (exact) mass is 469 g/mol. The Balaban J connectivity index is 1.35. The molecule has 1 amide bonds. The molecule has 0 aliphatic carbocycles. The summed E-state index contributed by atoms with van der Waals surface area (Å²) in [5.74, 6) is 1.80. The van der Waals surface area contributed by atoms with E-state index in [1.165, 1.54) is 4.52 Å². The summed E-state index contributed by atoms with van der Waals surface area (Å²) in [4.78, 5) is 33.1. The summed E-state index contributed by atoms with van der Waals surface area (Å²) in [6, 6.07) is 3.22. The average molecular weight is 470 g/mol. The SMILES string of the molecule is C[C@@H]1CN(CC(C)(C)O)CCN1C(=O)[C@@H]1CCCN1c1nc(N)n2nc(-c3ccco3)nc2n1. The van der Waals surface area contributed by atoms with Crippen LogP contribution < -0.4 is 10.6 Å².